The van der Waals surface area contributed by atoms with Gasteiger partial charge in [0, 0.05) is 34.7 Å². The van der Waals surface area contributed by atoms with Gasteiger partial charge in [-0.05, 0) is 37.1 Å². The van der Waals surface area contributed by atoms with E-state index in [1.54, 1.807) is 6.07 Å². The minimum absolute atomic E-state index is 0.295. The van der Waals surface area contributed by atoms with Crippen molar-refractivity contribution in [2.45, 2.75) is 24.0 Å². The van der Waals surface area contributed by atoms with Gasteiger partial charge >= 0.3 is 0 Å². The third-order valence-corrected chi connectivity index (χ3v) is 7.71. The van der Waals surface area contributed by atoms with Crippen molar-refractivity contribution < 1.29 is 8.42 Å². The number of nitrogen functional groups attached to an aromatic ring is 1. The summed E-state index contributed by atoms with van der Waals surface area (Å²) in [6.45, 7) is 4.17. The van der Waals surface area contributed by atoms with Crippen LogP contribution in [0.5, 0.6) is 0 Å². The van der Waals surface area contributed by atoms with Gasteiger partial charge in [-0.3, -0.25) is 0 Å². The molecule has 0 aromatic heterocycles. The number of nitrogens with one attached hydrogen (secondary N) is 1. The van der Waals surface area contributed by atoms with E-state index in [0.717, 1.165) is 28.4 Å². The van der Waals surface area contributed by atoms with Gasteiger partial charge in [0.1, 0.15) is 0 Å². The highest BCUT2D eigenvalue weighted by Gasteiger charge is 2.21. The Morgan fingerprint density at radius 2 is 2.10 bits per heavy atom. The zero-order valence-corrected chi connectivity index (χ0v) is 14.1. The summed E-state index contributed by atoms with van der Waals surface area (Å²) in [6, 6.07) is 3.33. The molecule has 7 heteroatoms. The number of hydrogen-bond donors (Lipinski definition) is 2. The van der Waals surface area contributed by atoms with E-state index < -0.39 is 10.0 Å². The van der Waals surface area contributed by atoms with Crippen LogP contribution in [0.3, 0.4) is 0 Å². The SMILES string of the molecule is Cc1cc(N)cc(S(=O)(=O)NCC2CSCCS2)c1C. The summed E-state index contributed by atoms with van der Waals surface area (Å²) in [5, 5.41) is 0.353. The number of thioether (sulfide) groups is 2. The molecule has 1 saturated heterocycles. The normalized spacial score (nSPS) is 20.0. The molecule has 1 heterocycles. The average molecular weight is 333 g/mol. The quantitative estimate of drug-likeness (QED) is 0.825. The van der Waals surface area contributed by atoms with Crippen molar-refractivity contribution in [1.82, 2.24) is 4.72 Å². The minimum Gasteiger partial charge on any atom is -0.399 e. The Hall–Kier alpha value is -0.370. The number of hydrogen-bond acceptors (Lipinski definition) is 5. The van der Waals surface area contributed by atoms with Gasteiger partial charge in [0.15, 0.2) is 0 Å². The fraction of sp³-hybridized carbons (Fsp3) is 0.538. The van der Waals surface area contributed by atoms with Crippen LogP contribution in [0.1, 0.15) is 11.1 Å². The lowest BCUT2D eigenvalue weighted by atomic mass is 10.1. The van der Waals surface area contributed by atoms with Crippen LogP contribution >= 0.6 is 23.5 Å². The first kappa shape index (κ1) is 16.0. The maximum atomic E-state index is 12.4. The molecule has 0 amide bonds. The maximum absolute atomic E-state index is 12.4. The fourth-order valence-electron chi connectivity index (χ4n) is 2.07. The Kier molecular flexibility index (Phi) is 5.28. The minimum atomic E-state index is -3.49. The Balaban J connectivity index is 2.14. The van der Waals surface area contributed by atoms with Crippen LogP contribution in [0.15, 0.2) is 17.0 Å². The third-order valence-electron chi connectivity index (χ3n) is 3.32. The highest BCUT2D eigenvalue weighted by atomic mass is 32.2. The summed E-state index contributed by atoms with van der Waals surface area (Å²) >= 11 is 3.72. The lowest BCUT2D eigenvalue weighted by Gasteiger charge is -2.21. The number of anilines is 1. The van der Waals surface area contributed by atoms with Crippen LogP contribution in [-0.4, -0.2) is 37.5 Å². The molecule has 1 aromatic carbocycles. The predicted octanol–water partition coefficient (Wildman–Crippen LogP) is 2.01. The third kappa shape index (κ3) is 3.84. The molecule has 1 atom stereocenters. The summed E-state index contributed by atoms with van der Waals surface area (Å²) in [6.07, 6.45) is 0. The highest BCUT2D eigenvalue weighted by Crippen LogP contribution is 2.25. The predicted molar refractivity (Wildman–Crippen MR) is 89.1 cm³/mol. The van der Waals surface area contributed by atoms with Gasteiger partial charge in [-0.2, -0.15) is 23.5 Å². The van der Waals surface area contributed by atoms with Crippen molar-refractivity contribution in [2.24, 2.45) is 0 Å². The molecule has 112 valence electrons. The number of rotatable bonds is 4. The maximum Gasteiger partial charge on any atom is 0.240 e. The largest absolute Gasteiger partial charge is 0.399 e. The summed E-state index contributed by atoms with van der Waals surface area (Å²) in [5.74, 6) is 3.25. The van der Waals surface area contributed by atoms with E-state index >= 15 is 0 Å². The number of benzene rings is 1. The number of sulfonamides is 1. The standard InChI is InChI=1S/C13H20N2O2S3/c1-9-5-11(14)6-13(10(9)2)20(16,17)15-7-12-8-18-3-4-19-12/h5-6,12,15H,3-4,7-8,14H2,1-2H3. The Morgan fingerprint density at radius 1 is 1.35 bits per heavy atom. The van der Waals surface area contributed by atoms with E-state index in [-0.39, 0.29) is 0 Å². The average Bonchev–Trinajstić information content (AvgIpc) is 2.42. The molecule has 2 rings (SSSR count). The van der Waals surface area contributed by atoms with E-state index in [1.165, 1.54) is 6.07 Å². The van der Waals surface area contributed by atoms with Gasteiger partial charge < -0.3 is 5.73 Å². The first-order chi connectivity index (χ1) is 9.40. The Labute approximate surface area is 129 Å². The molecular weight excluding hydrogens is 312 g/mol. The van der Waals surface area contributed by atoms with Gasteiger partial charge in [-0.25, -0.2) is 13.1 Å². The molecular formula is C13H20N2O2S3. The summed E-state index contributed by atoms with van der Waals surface area (Å²) in [7, 11) is -3.49. The lowest BCUT2D eigenvalue weighted by molar-refractivity contribution is 0.581. The van der Waals surface area contributed by atoms with Crippen molar-refractivity contribution in [2.75, 3.05) is 29.5 Å². The van der Waals surface area contributed by atoms with E-state index in [1.807, 2.05) is 37.4 Å². The summed E-state index contributed by atoms with van der Waals surface area (Å²) in [5.41, 5.74) is 7.90. The Morgan fingerprint density at radius 3 is 2.75 bits per heavy atom. The Bertz CT molecular complexity index is 582. The fourth-order valence-corrected chi connectivity index (χ4v) is 6.22. The molecule has 0 bridgehead atoms. The molecule has 1 aliphatic heterocycles. The second-order valence-electron chi connectivity index (χ2n) is 4.88. The highest BCUT2D eigenvalue weighted by molar-refractivity contribution is 8.06. The second-order valence-corrected chi connectivity index (χ2v) is 9.17. The van der Waals surface area contributed by atoms with E-state index in [2.05, 4.69) is 4.72 Å². The monoisotopic (exact) mass is 332 g/mol. The van der Waals surface area contributed by atoms with Crippen molar-refractivity contribution >= 4 is 39.2 Å². The van der Waals surface area contributed by atoms with Crippen LogP contribution in [0.25, 0.3) is 0 Å². The van der Waals surface area contributed by atoms with Crippen LogP contribution in [0.2, 0.25) is 0 Å². The van der Waals surface area contributed by atoms with Crippen molar-refractivity contribution in [3.05, 3.63) is 23.3 Å². The zero-order chi connectivity index (χ0) is 14.8. The molecule has 3 N–H and O–H groups in total. The van der Waals surface area contributed by atoms with Crippen molar-refractivity contribution in [3.8, 4) is 0 Å². The number of nitrogens with two attached hydrogens (primary N) is 1. The molecule has 0 radical (unpaired) electrons. The first-order valence-electron chi connectivity index (χ1n) is 6.46. The van der Waals surface area contributed by atoms with Crippen LogP contribution in [0.4, 0.5) is 5.69 Å². The molecule has 0 saturated carbocycles. The molecule has 4 nitrogen and oxygen atoms in total. The number of aryl methyl sites for hydroxylation is 1. The van der Waals surface area contributed by atoms with Gasteiger partial charge in [0.2, 0.25) is 10.0 Å². The van der Waals surface area contributed by atoms with Crippen LogP contribution in [-0.2, 0) is 10.0 Å². The van der Waals surface area contributed by atoms with Crippen LogP contribution < -0.4 is 10.5 Å². The van der Waals surface area contributed by atoms with Crippen molar-refractivity contribution in [3.63, 3.8) is 0 Å². The second kappa shape index (κ2) is 6.60. The van der Waals surface area contributed by atoms with Gasteiger partial charge in [0.05, 0.1) is 4.90 Å². The summed E-state index contributed by atoms with van der Waals surface area (Å²) < 4.78 is 27.6. The van der Waals surface area contributed by atoms with Gasteiger partial charge in [0.25, 0.3) is 0 Å². The lowest BCUT2D eigenvalue weighted by Crippen LogP contribution is -2.33. The zero-order valence-electron chi connectivity index (χ0n) is 11.7. The summed E-state index contributed by atoms with van der Waals surface area (Å²) in [4.78, 5) is 0.295. The molecule has 0 aliphatic carbocycles. The van der Waals surface area contributed by atoms with Crippen LogP contribution in [0, 0.1) is 13.8 Å². The molecule has 1 fully saturated rings. The molecule has 1 unspecified atom stereocenters. The molecule has 1 aromatic rings. The van der Waals surface area contributed by atoms with E-state index in [4.69, 9.17) is 5.73 Å². The van der Waals surface area contributed by atoms with E-state index in [9.17, 15) is 8.42 Å². The smallest absolute Gasteiger partial charge is 0.240 e. The van der Waals surface area contributed by atoms with Crippen molar-refractivity contribution in [1.29, 1.82) is 0 Å². The van der Waals surface area contributed by atoms with Gasteiger partial charge in [-0.1, -0.05) is 0 Å². The molecule has 1 aliphatic rings. The van der Waals surface area contributed by atoms with Gasteiger partial charge in [-0.15, -0.1) is 0 Å². The molecule has 20 heavy (non-hydrogen) atoms. The topological polar surface area (TPSA) is 72.2 Å². The molecule has 0 spiro atoms. The first-order valence-corrected chi connectivity index (χ1v) is 10.1. The van der Waals surface area contributed by atoms with E-state index in [0.29, 0.717) is 22.4 Å².